The largest absolute Gasteiger partial charge is 0.309 e. The van der Waals surface area contributed by atoms with E-state index in [1.54, 1.807) is 6.07 Å². The monoisotopic (exact) mass is 258 g/mol. The summed E-state index contributed by atoms with van der Waals surface area (Å²) in [5.41, 5.74) is 2.23. The fraction of sp³-hybridized carbons (Fsp3) is 0.312. The first kappa shape index (κ1) is 13.7. The maximum Gasteiger partial charge on any atom is 0.141 e. The van der Waals surface area contributed by atoms with Crippen molar-refractivity contribution in [2.75, 3.05) is 6.54 Å². The smallest absolute Gasteiger partial charge is 0.141 e. The number of nitrogens with zero attached hydrogens (tertiary/aromatic N) is 1. The highest BCUT2D eigenvalue weighted by Crippen LogP contribution is 2.09. The summed E-state index contributed by atoms with van der Waals surface area (Å²) < 4.78 is 12.8. The summed E-state index contributed by atoms with van der Waals surface area (Å²) in [5.74, 6) is -0.292. The van der Waals surface area contributed by atoms with Crippen molar-refractivity contribution < 1.29 is 4.39 Å². The molecule has 19 heavy (non-hydrogen) atoms. The van der Waals surface area contributed by atoms with Gasteiger partial charge >= 0.3 is 0 Å². The fourth-order valence-electron chi connectivity index (χ4n) is 2.00. The second-order valence-corrected chi connectivity index (χ2v) is 4.67. The van der Waals surface area contributed by atoms with Gasteiger partial charge in [-0.1, -0.05) is 30.3 Å². The third-order valence-electron chi connectivity index (χ3n) is 3.13. The van der Waals surface area contributed by atoms with Gasteiger partial charge < -0.3 is 5.32 Å². The molecule has 0 aliphatic carbocycles. The molecule has 1 aromatic carbocycles. The molecule has 0 amide bonds. The first-order valence-corrected chi connectivity index (χ1v) is 6.64. The lowest BCUT2D eigenvalue weighted by Gasteiger charge is -2.13. The molecule has 0 aliphatic rings. The highest BCUT2D eigenvalue weighted by atomic mass is 19.1. The number of nitrogens with one attached hydrogen (secondary N) is 1. The van der Waals surface area contributed by atoms with Crippen LogP contribution >= 0.6 is 0 Å². The highest BCUT2D eigenvalue weighted by molar-refractivity contribution is 5.14. The van der Waals surface area contributed by atoms with E-state index in [0.29, 0.717) is 0 Å². The summed E-state index contributed by atoms with van der Waals surface area (Å²) in [6.07, 6.45) is 3.41. The van der Waals surface area contributed by atoms with Gasteiger partial charge in [0.2, 0.25) is 0 Å². The molecule has 1 atom stereocenters. The standard InChI is InChI=1S/C16H19FN2/c1-13(16-10-9-15(17)12-19-16)18-11-5-8-14-6-3-2-4-7-14/h2-4,6-7,9-10,12-13,18H,5,8,11H2,1H3. The zero-order chi connectivity index (χ0) is 13.5. The molecule has 0 fully saturated rings. The van der Waals surface area contributed by atoms with Gasteiger partial charge in [0.15, 0.2) is 0 Å². The Balaban J connectivity index is 1.72. The predicted octanol–water partition coefficient (Wildman–Crippen LogP) is 3.50. The molecule has 0 bridgehead atoms. The van der Waals surface area contributed by atoms with Crippen molar-refractivity contribution in [1.29, 1.82) is 0 Å². The van der Waals surface area contributed by atoms with Gasteiger partial charge in [0.05, 0.1) is 11.9 Å². The summed E-state index contributed by atoms with van der Waals surface area (Å²) in [4.78, 5) is 4.08. The van der Waals surface area contributed by atoms with E-state index in [-0.39, 0.29) is 11.9 Å². The Kier molecular flexibility index (Phi) is 5.04. The van der Waals surface area contributed by atoms with Crippen molar-refractivity contribution in [1.82, 2.24) is 10.3 Å². The maximum atomic E-state index is 12.8. The van der Waals surface area contributed by atoms with E-state index in [9.17, 15) is 4.39 Å². The minimum absolute atomic E-state index is 0.149. The van der Waals surface area contributed by atoms with Crippen molar-refractivity contribution in [3.63, 3.8) is 0 Å². The number of aryl methyl sites for hydroxylation is 1. The van der Waals surface area contributed by atoms with Gasteiger partial charge in [-0.2, -0.15) is 0 Å². The molecule has 1 aromatic heterocycles. The summed E-state index contributed by atoms with van der Waals surface area (Å²) >= 11 is 0. The lowest BCUT2D eigenvalue weighted by atomic mass is 10.1. The minimum atomic E-state index is -0.292. The Morgan fingerprint density at radius 3 is 2.63 bits per heavy atom. The van der Waals surface area contributed by atoms with E-state index >= 15 is 0 Å². The molecule has 0 saturated heterocycles. The van der Waals surface area contributed by atoms with Crippen LogP contribution in [0.3, 0.4) is 0 Å². The van der Waals surface area contributed by atoms with Crippen molar-refractivity contribution >= 4 is 0 Å². The summed E-state index contributed by atoms with van der Waals surface area (Å²) in [7, 11) is 0. The SMILES string of the molecule is CC(NCCCc1ccccc1)c1ccc(F)cn1. The van der Waals surface area contributed by atoms with Crippen LogP contribution in [-0.4, -0.2) is 11.5 Å². The van der Waals surface area contributed by atoms with Gasteiger partial charge in [-0.3, -0.25) is 4.98 Å². The van der Waals surface area contributed by atoms with Gasteiger partial charge in [-0.15, -0.1) is 0 Å². The van der Waals surface area contributed by atoms with Gasteiger partial charge in [0, 0.05) is 6.04 Å². The fourth-order valence-corrected chi connectivity index (χ4v) is 2.00. The number of hydrogen-bond donors (Lipinski definition) is 1. The van der Waals surface area contributed by atoms with E-state index < -0.39 is 0 Å². The molecular formula is C16H19FN2. The number of pyridine rings is 1. The normalized spacial score (nSPS) is 12.3. The molecule has 2 aromatic rings. The van der Waals surface area contributed by atoms with Crippen LogP contribution in [0.25, 0.3) is 0 Å². The maximum absolute atomic E-state index is 12.8. The lowest BCUT2D eigenvalue weighted by Crippen LogP contribution is -2.21. The van der Waals surface area contributed by atoms with Crippen LogP contribution in [0, 0.1) is 5.82 Å². The Morgan fingerprint density at radius 1 is 1.16 bits per heavy atom. The van der Waals surface area contributed by atoms with Crippen LogP contribution in [0.15, 0.2) is 48.7 Å². The molecule has 2 nitrogen and oxygen atoms in total. The Bertz CT molecular complexity index is 482. The molecule has 3 heteroatoms. The number of hydrogen-bond acceptors (Lipinski definition) is 2. The van der Waals surface area contributed by atoms with E-state index in [1.807, 2.05) is 13.0 Å². The number of halogens is 1. The molecule has 100 valence electrons. The second-order valence-electron chi connectivity index (χ2n) is 4.67. The minimum Gasteiger partial charge on any atom is -0.309 e. The third kappa shape index (κ3) is 4.45. The summed E-state index contributed by atoms with van der Waals surface area (Å²) in [6, 6.07) is 13.8. The summed E-state index contributed by atoms with van der Waals surface area (Å²) in [6.45, 7) is 2.97. The van der Waals surface area contributed by atoms with Crippen LogP contribution in [0.5, 0.6) is 0 Å². The average Bonchev–Trinajstić information content (AvgIpc) is 2.45. The molecule has 0 saturated carbocycles. The molecule has 1 heterocycles. The molecule has 2 rings (SSSR count). The molecular weight excluding hydrogens is 239 g/mol. The van der Waals surface area contributed by atoms with Crippen LogP contribution in [0.1, 0.15) is 30.6 Å². The first-order chi connectivity index (χ1) is 9.25. The van der Waals surface area contributed by atoms with Gasteiger partial charge in [0.25, 0.3) is 0 Å². The van der Waals surface area contributed by atoms with Crippen LogP contribution in [0.2, 0.25) is 0 Å². The first-order valence-electron chi connectivity index (χ1n) is 6.64. The van der Waals surface area contributed by atoms with E-state index in [4.69, 9.17) is 0 Å². The van der Waals surface area contributed by atoms with E-state index in [0.717, 1.165) is 25.1 Å². The zero-order valence-electron chi connectivity index (χ0n) is 11.1. The summed E-state index contributed by atoms with van der Waals surface area (Å²) in [5, 5.41) is 3.40. The van der Waals surface area contributed by atoms with E-state index in [2.05, 4.69) is 34.6 Å². The third-order valence-corrected chi connectivity index (χ3v) is 3.13. The molecule has 0 aliphatic heterocycles. The Labute approximate surface area is 113 Å². The second kappa shape index (κ2) is 7.00. The number of benzene rings is 1. The topological polar surface area (TPSA) is 24.9 Å². The average molecular weight is 258 g/mol. The Morgan fingerprint density at radius 2 is 1.95 bits per heavy atom. The number of aromatic nitrogens is 1. The quantitative estimate of drug-likeness (QED) is 0.802. The molecule has 0 radical (unpaired) electrons. The van der Waals surface area contributed by atoms with Crippen LogP contribution < -0.4 is 5.32 Å². The molecule has 0 spiro atoms. The molecule has 1 N–H and O–H groups in total. The van der Waals surface area contributed by atoms with Crippen LogP contribution in [-0.2, 0) is 6.42 Å². The van der Waals surface area contributed by atoms with Gasteiger partial charge in [-0.05, 0) is 44.0 Å². The van der Waals surface area contributed by atoms with Gasteiger partial charge in [0.1, 0.15) is 5.82 Å². The van der Waals surface area contributed by atoms with Gasteiger partial charge in [-0.25, -0.2) is 4.39 Å². The number of rotatable bonds is 6. The Hall–Kier alpha value is -1.74. The molecule has 1 unspecified atom stereocenters. The van der Waals surface area contributed by atoms with E-state index in [1.165, 1.54) is 17.8 Å². The van der Waals surface area contributed by atoms with Crippen molar-refractivity contribution in [2.24, 2.45) is 0 Å². The lowest BCUT2D eigenvalue weighted by molar-refractivity contribution is 0.542. The van der Waals surface area contributed by atoms with Crippen molar-refractivity contribution in [3.05, 3.63) is 65.7 Å². The van der Waals surface area contributed by atoms with Crippen LogP contribution in [0.4, 0.5) is 4.39 Å². The van der Waals surface area contributed by atoms with Crippen molar-refractivity contribution in [3.8, 4) is 0 Å². The predicted molar refractivity (Wildman–Crippen MR) is 75.4 cm³/mol. The zero-order valence-corrected chi connectivity index (χ0v) is 11.1. The van der Waals surface area contributed by atoms with Crippen molar-refractivity contribution in [2.45, 2.75) is 25.8 Å². The highest BCUT2D eigenvalue weighted by Gasteiger charge is 2.05.